The summed E-state index contributed by atoms with van der Waals surface area (Å²) in [5.41, 5.74) is -0.644. The molecule has 0 heterocycles. The Morgan fingerprint density at radius 3 is 2.53 bits per heavy atom. The summed E-state index contributed by atoms with van der Waals surface area (Å²) in [4.78, 5) is 11.7. The maximum atomic E-state index is 13.6. The van der Waals surface area contributed by atoms with Crippen LogP contribution in [0.5, 0.6) is 0 Å². The lowest BCUT2D eigenvalue weighted by atomic mass is 9.78. The summed E-state index contributed by atoms with van der Waals surface area (Å²) in [5, 5.41) is 2.71. The minimum absolute atomic E-state index is 0.292. The van der Waals surface area contributed by atoms with E-state index in [4.69, 9.17) is 10.7 Å². The second-order valence-electron chi connectivity index (χ2n) is 4.95. The molecule has 1 fully saturated rings. The van der Waals surface area contributed by atoms with Crippen molar-refractivity contribution in [1.29, 1.82) is 0 Å². The van der Waals surface area contributed by atoms with Gasteiger partial charge >= 0.3 is 0 Å². The molecule has 19 heavy (non-hydrogen) atoms. The van der Waals surface area contributed by atoms with Crippen molar-refractivity contribution in [3.8, 4) is 0 Å². The Labute approximate surface area is 115 Å². The summed E-state index contributed by atoms with van der Waals surface area (Å²) in [6.07, 6.45) is 2.66. The van der Waals surface area contributed by atoms with E-state index >= 15 is 0 Å². The van der Waals surface area contributed by atoms with Crippen molar-refractivity contribution in [3.05, 3.63) is 29.6 Å². The average molecular weight is 306 g/mol. The molecule has 1 saturated carbocycles. The number of amides is 1. The predicted octanol–water partition coefficient (Wildman–Crippen LogP) is 2.43. The van der Waals surface area contributed by atoms with E-state index in [2.05, 4.69) is 5.32 Å². The third kappa shape index (κ3) is 3.06. The fraction of sp³-hybridized carbons (Fsp3) is 0.417. The minimum Gasteiger partial charge on any atom is -0.347 e. The van der Waals surface area contributed by atoms with Gasteiger partial charge in [0.1, 0.15) is 5.82 Å². The summed E-state index contributed by atoms with van der Waals surface area (Å²) in [6, 6.07) is 2.90. The molecule has 1 aliphatic rings. The van der Waals surface area contributed by atoms with Gasteiger partial charge in [0, 0.05) is 16.2 Å². The smallest absolute Gasteiger partial charge is 0.261 e. The van der Waals surface area contributed by atoms with Gasteiger partial charge in [-0.25, -0.2) is 12.8 Å². The second-order valence-corrected chi connectivity index (χ2v) is 7.51. The standard InChI is InChI=1S/C12H13ClFNO3S/c1-12(5-2-6-12)15-11(16)9-7-8(19(13,17)18)3-4-10(9)14/h3-4,7H,2,5-6H2,1H3,(H,15,16). The van der Waals surface area contributed by atoms with Crippen LogP contribution in [0.3, 0.4) is 0 Å². The maximum absolute atomic E-state index is 13.6. The van der Waals surface area contributed by atoms with E-state index in [0.29, 0.717) is 0 Å². The van der Waals surface area contributed by atoms with Gasteiger partial charge < -0.3 is 5.32 Å². The van der Waals surface area contributed by atoms with Gasteiger partial charge in [0.15, 0.2) is 0 Å². The molecule has 0 unspecified atom stereocenters. The Kier molecular flexibility index (Phi) is 3.57. The summed E-state index contributed by atoms with van der Waals surface area (Å²) in [7, 11) is 1.19. The van der Waals surface area contributed by atoms with Gasteiger partial charge in [-0.15, -0.1) is 0 Å². The highest BCUT2D eigenvalue weighted by Crippen LogP contribution is 2.31. The lowest BCUT2D eigenvalue weighted by Gasteiger charge is -2.39. The molecule has 2 rings (SSSR count). The molecule has 4 nitrogen and oxygen atoms in total. The normalized spacial score (nSPS) is 17.6. The van der Waals surface area contributed by atoms with Gasteiger partial charge in [0.2, 0.25) is 0 Å². The van der Waals surface area contributed by atoms with Crippen molar-refractivity contribution in [2.24, 2.45) is 0 Å². The number of carbonyl (C=O) groups is 1. The Hall–Kier alpha value is -1.14. The van der Waals surface area contributed by atoms with Crippen LogP contribution in [-0.2, 0) is 9.05 Å². The third-order valence-electron chi connectivity index (χ3n) is 3.34. The lowest BCUT2D eigenvalue weighted by Crippen LogP contribution is -2.51. The molecule has 0 atom stereocenters. The number of hydrogen-bond donors (Lipinski definition) is 1. The maximum Gasteiger partial charge on any atom is 0.261 e. The number of carbonyl (C=O) groups excluding carboxylic acids is 1. The van der Waals surface area contributed by atoms with Crippen LogP contribution in [0, 0.1) is 5.82 Å². The van der Waals surface area contributed by atoms with Crippen molar-refractivity contribution in [2.45, 2.75) is 36.6 Å². The first kappa shape index (κ1) is 14.3. The summed E-state index contributed by atoms with van der Waals surface area (Å²) >= 11 is 0. The van der Waals surface area contributed by atoms with E-state index in [1.54, 1.807) is 0 Å². The Morgan fingerprint density at radius 2 is 2.05 bits per heavy atom. The van der Waals surface area contributed by atoms with Crippen molar-refractivity contribution in [1.82, 2.24) is 5.32 Å². The van der Waals surface area contributed by atoms with Crippen LogP contribution in [0.25, 0.3) is 0 Å². The van der Waals surface area contributed by atoms with Gasteiger partial charge in [0.05, 0.1) is 10.5 Å². The second kappa shape index (κ2) is 4.76. The lowest BCUT2D eigenvalue weighted by molar-refractivity contribution is 0.0846. The fourth-order valence-electron chi connectivity index (χ4n) is 2.00. The first-order valence-electron chi connectivity index (χ1n) is 5.78. The fourth-order valence-corrected chi connectivity index (χ4v) is 2.78. The Morgan fingerprint density at radius 1 is 1.42 bits per heavy atom. The first-order chi connectivity index (χ1) is 8.71. The van der Waals surface area contributed by atoms with Gasteiger partial charge in [-0.2, -0.15) is 0 Å². The van der Waals surface area contributed by atoms with Crippen LogP contribution < -0.4 is 5.32 Å². The summed E-state index contributed by atoms with van der Waals surface area (Å²) < 4.78 is 36.0. The van der Waals surface area contributed by atoms with Gasteiger partial charge in [-0.1, -0.05) is 0 Å². The summed E-state index contributed by atoms with van der Waals surface area (Å²) in [5.74, 6) is -1.40. The molecular formula is C12H13ClFNO3S. The van der Waals surface area contributed by atoms with Crippen molar-refractivity contribution in [3.63, 3.8) is 0 Å². The highest BCUT2D eigenvalue weighted by molar-refractivity contribution is 8.13. The monoisotopic (exact) mass is 305 g/mol. The first-order valence-corrected chi connectivity index (χ1v) is 8.09. The molecule has 7 heteroatoms. The van der Waals surface area contributed by atoms with Crippen LogP contribution in [-0.4, -0.2) is 19.9 Å². The molecule has 1 N–H and O–H groups in total. The molecule has 1 amide bonds. The van der Waals surface area contributed by atoms with Crippen LogP contribution in [0.4, 0.5) is 4.39 Å². The van der Waals surface area contributed by atoms with E-state index < -0.39 is 20.8 Å². The van der Waals surface area contributed by atoms with Crippen molar-refractivity contribution < 1.29 is 17.6 Å². The third-order valence-corrected chi connectivity index (χ3v) is 4.69. The quantitative estimate of drug-likeness (QED) is 0.872. The molecule has 0 bridgehead atoms. The zero-order chi connectivity index (χ0) is 14.3. The number of halogens is 2. The highest BCUT2D eigenvalue weighted by Gasteiger charge is 2.34. The molecule has 0 spiro atoms. The average Bonchev–Trinajstić information content (AvgIpc) is 2.25. The Bertz CT molecular complexity index is 626. The molecule has 0 radical (unpaired) electrons. The topological polar surface area (TPSA) is 63.2 Å². The van der Waals surface area contributed by atoms with E-state index in [0.717, 1.165) is 37.5 Å². The zero-order valence-corrected chi connectivity index (χ0v) is 11.8. The summed E-state index contributed by atoms with van der Waals surface area (Å²) in [6.45, 7) is 1.87. The minimum atomic E-state index is -3.99. The number of hydrogen-bond acceptors (Lipinski definition) is 3. The molecule has 1 aromatic rings. The van der Waals surface area contributed by atoms with Crippen LogP contribution >= 0.6 is 10.7 Å². The van der Waals surface area contributed by atoms with Crippen LogP contribution in [0.2, 0.25) is 0 Å². The van der Waals surface area contributed by atoms with E-state index in [9.17, 15) is 17.6 Å². The molecular weight excluding hydrogens is 293 g/mol. The van der Waals surface area contributed by atoms with Crippen LogP contribution in [0.15, 0.2) is 23.1 Å². The van der Waals surface area contributed by atoms with Gasteiger partial charge in [-0.3, -0.25) is 4.79 Å². The number of nitrogens with one attached hydrogen (secondary N) is 1. The van der Waals surface area contributed by atoms with E-state index in [1.165, 1.54) is 0 Å². The van der Waals surface area contributed by atoms with Crippen LogP contribution in [0.1, 0.15) is 36.5 Å². The van der Waals surface area contributed by atoms with Gasteiger partial charge in [-0.05, 0) is 44.4 Å². The molecule has 1 aromatic carbocycles. The molecule has 0 aromatic heterocycles. The predicted molar refractivity (Wildman–Crippen MR) is 69.2 cm³/mol. The molecule has 0 saturated heterocycles. The zero-order valence-electron chi connectivity index (χ0n) is 10.2. The van der Waals surface area contributed by atoms with Gasteiger partial charge in [0.25, 0.3) is 15.0 Å². The SMILES string of the molecule is CC1(NC(=O)c2cc(S(=O)(=O)Cl)ccc2F)CCC1. The van der Waals surface area contributed by atoms with Crippen molar-refractivity contribution >= 4 is 25.6 Å². The van der Waals surface area contributed by atoms with E-state index in [-0.39, 0.29) is 16.0 Å². The van der Waals surface area contributed by atoms with Crippen molar-refractivity contribution in [2.75, 3.05) is 0 Å². The number of benzene rings is 1. The number of rotatable bonds is 3. The molecule has 0 aliphatic heterocycles. The largest absolute Gasteiger partial charge is 0.347 e. The van der Waals surface area contributed by atoms with E-state index in [1.807, 2.05) is 6.92 Å². The Balaban J connectivity index is 2.30. The highest BCUT2D eigenvalue weighted by atomic mass is 35.7. The molecule has 104 valence electrons. The molecule has 1 aliphatic carbocycles.